The van der Waals surface area contributed by atoms with Crippen molar-refractivity contribution in [3.63, 3.8) is 0 Å². The van der Waals surface area contributed by atoms with Gasteiger partial charge in [-0.25, -0.2) is 0 Å². The number of anilines is 1. The third-order valence-corrected chi connectivity index (χ3v) is 4.38. The van der Waals surface area contributed by atoms with Gasteiger partial charge in [0, 0.05) is 19.1 Å². The Morgan fingerprint density at radius 2 is 2.21 bits per heavy atom. The molecule has 1 aliphatic rings. The van der Waals surface area contributed by atoms with Crippen molar-refractivity contribution in [2.75, 3.05) is 18.4 Å². The van der Waals surface area contributed by atoms with Crippen LogP contribution < -0.4 is 5.32 Å². The summed E-state index contributed by atoms with van der Waals surface area (Å²) in [5.74, 6) is 0.604. The molecule has 1 saturated heterocycles. The van der Waals surface area contributed by atoms with E-state index in [1.54, 1.807) is 0 Å². The summed E-state index contributed by atoms with van der Waals surface area (Å²) in [5.41, 5.74) is 0. The lowest BCUT2D eigenvalue weighted by molar-refractivity contribution is 0.0573. The number of hydrogen-bond acceptors (Lipinski definition) is 5. The van der Waals surface area contributed by atoms with Gasteiger partial charge >= 0.3 is 0 Å². The molecule has 0 aromatic carbocycles. The summed E-state index contributed by atoms with van der Waals surface area (Å²) in [4.78, 5) is 14.4. The summed E-state index contributed by atoms with van der Waals surface area (Å²) in [6.07, 6.45) is 3.31. The molecule has 2 atom stereocenters. The Morgan fingerprint density at radius 1 is 1.42 bits per heavy atom. The fraction of sp³-hybridized carbons (Fsp3) is 0.769. The highest BCUT2D eigenvalue weighted by molar-refractivity contribution is 7.17. The monoisotopic (exact) mass is 282 g/mol. The number of nitrogens with one attached hydrogen (secondary N) is 1. The van der Waals surface area contributed by atoms with Gasteiger partial charge in [0.25, 0.3) is 5.91 Å². The van der Waals surface area contributed by atoms with Crippen LogP contribution in [-0.4, -0.2) is 40.1 Å². The molecule has 1 aliphatic heterocycles. The van der Waals surface area contributed by atoms with Crippen LogP contribution in [0.5, 0.6) is 0 Å². The number of nitrogens with zero attached hydrogens (tertiary/aromatic N) is 3. The van der Waals surface area contributed by atoms with E-state index in [1.807, 2.05) is 4.90 Å². The molecule has 1 N–H and O–H groups in total. The largest absolute Gasteiger partial charge is 0.360 e. The van der Waals surface area contributed by atoms with Gasteiger partial charge in [0.15, 0.2) is 0 Å². The second-order valence-corrected chi connectivity index (χ2v) is 6.31. The summed E-state index contributed by atoms with van der Waals surface area (Å²) in [6, 6.07) is 0.305. The van der Waals surface area contributed by atoms with Gasteiger partial charge in [-0.15, -0.1) is 10.2 Å². The number of piperidine rings is 1. The van der Waals surface area contributed by atoms with Crippen LogP contribution in [0.15, 0.2) is 0 Å². The molecule has 1 aromatic rings. The number of aromatic nitrogens is 2. The standard InChI is InChI=1S/C13H22N4OS/c1-4-7-14-13-16-15-11(19-13)12(18)17-8-9(2)5-6-10(17)3/h9-10H,4-8H2,1-3H3,(H,14,16). The lowest BCUT2D eigenvalue weighted by atomic mass is 9.95. The van der Waals surface area contributed by atoms with Gasteiger partial charge in [-0.05, 0) is 32.1 Å². The van der Waals surface area contributed by atoms with Gasteiger partial charge in [0.1, 0.15) is 0 Å². The number of rotatable bonds is 4. The van der Waals surface area contributed by atoms with Crippen molar-refractivity contribution in [3.8, 4) is 0 Å². The van der Waals surface area contributed by atoms with Gasteiger partial charge in [0.2, 0.25) is 10.1 Å². The highest BCUT2D eigenvalue weighted by Gasteiger charge is 2.29. The Hall–Kier alpha value is -1.17. The number of amides is 1. The maximum absolute atomic E-state index is 12.4. The SMILES string of the molecule is CCCNc1nnc(C(=O)N2CC(C)CCC2C)s1. The molecule has 2 unspecified atom stereocenters. The summed E-state index contributed by atoms with van der Waals surface area (Å²) < 4.78 is 0. The number of likely N-dealkylation sites (tertiary alicyclic amines) is 1. The third kappa shape index (κ3) is 3.43. The Bertz CT molecular complexity index is 434. The average molecular weight is 282 g/mol. The highest BCUT2D eigenvalue weighted by Crippen LogP contribution is 2.25. The fourth-order valence-electron chi connectivity index (χ4n) is 2.31. The maximum Gasteiger partial charge on any atom is 0.285 e. The van der Waals surface area contributed by atoms with Crippen molar-refractivity contribution in [1.29, 1.82) is 0 Å². The molecule has 0 radical (unpaired) electrons. The van der Waals surface area contributed by atoms with Crippen LogP contribution in [0.4, 0.5) is 5.13 Å². The van der Waals surface area contributed by atoms with Crippen LogP contribution >= 0.6 is 11.3 Å². The normalized spacial score (nSPS) is 23.4. The van der Waals surface area contributed by atoms with E-state index in [0.29, 0.717) is 17.0 Å². The zero-order valence-corrected chi connectivity index (χ0v) is 12.7. The first kappa shape index (κ1) is 14.2. The maximum atomic E-state index is 12.4. The van der Waals surface area contributed by atoms with Crippen molar-refractivity contribution in [1.82, 2.24) is 15.1 Å². The van der Waals surface area contributed by atoms with Gasteiger partial charge in [-0.2, -0.15) is 0 Å². The predicted molar refractivity (Wildman–Crippen MR) is 77.6 cm³/mol. The Morgan fingerprint density at radius 3 is 2.95 bits per heavy atom. The van der Waals surface area contributed by atoms with Gasteiger partial charge in [-0.1, -0.05) is 25.2 Å². The van der Waals surface area contributed by atoms with E-state index in [1.165, 1.54) is 17.8 Å². The molecule has 6 heteroatoms. The number of hydrogen-bond donors (Lipinski definition) is 1. The molecule has 2 heterocycles. The summed E-state index contributed by atoms with van der Waals surface area (Å²) in [5, 5.41) is 12.4. The molecule has 0 saturated carbocycles. The first-order valence-electron chi connectivity index (χ1n) is 7.00. The van der Waals surface area contributed by atoms with E-state index in [-0.39, 0.29) is 5.91 Å². The van der Waals surface area contributed by atoms with Crippen LogP contribution in [0.2, 0.25) is 0 Å². The Labute approximate surface area is 118 Å². The molecule has 1 fully saturated rings. The van der Waals surface area contributed by atoms with Crippen molar-refractivity contribution in [2.24, 2.45) is 5.92 Å². The molecule has 1 amide bonds. The minimum atomic E-state index is 0.0288. The van der Waals surface area contributed by atoms with Gasteiger partial charge < -0.3 is 10.2 Å². The first-order valence-corrected chi connectivity index (χ1v) is 7.81. The van der Waals surface area contributed by atoms with E-state index in [2.05, 4.69) is 36.3 Å². The number of carbonyl (C=O) groups excluding carboxylic acids is 1. The minimum Gasteiger partial charge on any atom is -0.360 e. The number of carbonyl (C=O) groups is 1. The van der Waals surface area contributed by atoms with Crippen LogP contribution in [0, 0.1) is 5.92 Å². The second kappa shape index (κ2) is 6.32. The van der Waals surface area contributed by atoms with E-state index in [9.17, 15) is 4.79 Å². The van der Waals surface area contributed by atoms with E-state index < -0.39 is 0 Å². The van der Waals surface area contributed by atoms with Crippen molar-refractivity contribution in [3.05, 3.63) is 5.01 Å². The first-order chi connectivity index (χ1) is 9.11. The quantitative estimate of drug-likeness (QED) is 0.922. The van der Waals surface area contributed by atoms with Crippen LogP contribution in [0.25, 0.3) is 0 Å². The molecule has 5 nitrogen and oxygen atoms in total. The van der Waals surface area contributed by atoms with Crippen LogP contribution in [-0.2, 0) is 0 Å². The van der Waals surface area contributed by atoms with Crippen LogP contribution in [0.1, 0.15) is 49.8 Å². The predicted octanol–water partition coefficient (Wildman–Crippen LogP) is 2.62. The van der Waals surface area contributed by atoms with E-state index in [0.717, 1.165) is 31.1 Å². The second-order valence-electron chi connectivity index (χ2n) is 5.33. The lowest BCUT2D eigenvalue weighted by Crippen LogP contribution is -2.44. The molecule has 0 spiro atoms. The van der Waals surface area contributed by atoms with Crippen molar-refractivity contribution < 1.29 is 4.79 Å². The molecule has 1 aromatic heterocycles. The minimum absolute atomic E-state index is 0.0288. The van der Waals surface area contributed by atoms with Crippen molar-refractivity contribution in [2.45, 2.75) is 46.1 Å². The van der Waals surface area contributed by atoms with Gasteiger partial charge in [-0.3, -0.25) is 4.79 Å². The molecular weight excluding hydrogens is 260 g/mol. The molecular formula is C13H22N4OS. The van der Waals surface area contributed by atoms with E-state index in [4.69, 9.17) is 0 Å². The molecule has 0 bridgehead atoms. The Balaban J connectivity index is 2.03. The smallest absolute Gasteiger partial charge is 0.285 e. The lowest BCUT2D eigenvalue weighted by Gasteiger charge is -2.36. The highest BCUT2D eigenvalue weighted by atomic mass is 32.1. The van der Waals surface area contributed by atoms with Gasteiger partial charge in [0.05, 0.1) is 0 Å². The molecule has 0 aliphatic carbocycles. The zero-order chi connectivity index (χ0) is 13.8. The molecule has 106 valence electrons. The summed E-state index contributed by atoms with van der Waals surface area (Å²) in [6.45, 7) is 8.09. The third-order valence-electron chi connectivity index (χ3n) is 3.51. The molecule has 19 heavy (non-hydrogen) atoms. The average Bonchev–Trinajstić information content (AvgIpc) is 2.87. The zero-order valence-electron chi connectivity index (χ0n) is 11.8. The summed E-state index contributed by atoms with van der Waals surface area (Å²) in [7, 11) is 0. The Kier molecular flexibility index (Phi) is 4.74. The fourth-order valence-corrected chi connectivity index (χ4v) is 3.03. The molecule has 2 rings (SSSR count). The summed E-state index contributed by atoms with van der Waals surface area (Å²) >= 11 is 1.35. The van der Waals surface area contributed by atoms with Crippen LogP contribution in [0.3, 0.4) is 0 Å². The van der Waals surface area contributed by atoms with Crippen molar-refractivity contribution >= 4 is 22.4 Å². The topological polar surface area (TPSA) is 58.1 Å². The van der Waals surface area contributed by atoms with E-state index >= 15 is 0 Å².